The predicted molar refractivity (Wildman–Crippen MR) is 80.8 cm³/mol. The van der Waals surface area contributed by atoms with Crippen molar-refractivity contribution in [2.75, 3.05) is 0 Å². The Kier molecular flexibility index (Phi) is 4.68. The van der Waals surface area contributed by atoms with E-state index in [1.807, 2.05) is 6.07 Å². The molecule has 0 fully saturated rings. The predicted octanol–water partition coefficient (Wildman–Crippen LogP) is 4.19. The van der Waals surface area contributed by atoms with E-state index >= 15 is 0 Å². The van der Waals surface area contributed by atoms with Crippen molar-refractivity contribution in [1.29, 1.82) is 0 Å². The first-order valence-electron chi connectivity index (χ1n) is 7.05. The Labute approximate surface area is 125 Å². The molecule has 0 spiro atoms. The van der Waals surface area contributed by atoms with Crippen LogP contribution in [0.3, 0.4) is 0 Å². The van der Waals surface area contributed by atoms with Crippen molar-refractivity contribution >= 4 is 0 Å². The minimum atomic E-state index is -0.310. The van der Waals surface area contributed by atoms with Crippen molar-refractivity contribution in [3.63, 3.8) is 0 Å². The third-order valence-corrected chi connectivity index (χ3v) is 3.16. The number of nitrogens with one attached hydrogen (secondary N) is 1. The normalized spacial score (nSPS) is 11.7. The Hall–Kier alpha value is -1.81. The van der Waals surface area contributed by atoms with Crippen LogP contribution in [0.15, 0.2) is 34.9 Å². The fraction of sp³-hybridized carbons (Fsp3) is 0.412. The Balaban J connectivity index is 2.01. The maximum atomic E-state index is 13.9. The Morgan fingerprint density at radius 3 is 2.71 bits per heavy atom. The lowest BCUT2D eigenvalue weighted by molar-refractivity contribution is 0.284. The molecule has 0 aliphatic rings. The van der Waals surface area contributed by atoms with E-state index in [-0.39, 0.29) is 23.7 Å². The summed E-state index contributed by atoms with van der Waals surface area (Å²) in [5.74, 6) is 0.777. The zero-order chi connectivity index (χ0) is 15.5. The van der Waals surface area contributed by atoms with Gasteiger partial charge in [0.15, 0.2) is 11.6 Å². The second kappa shape index (κ2) is 6.31. The fourth-order valence-corrected chi connectivity index (χ4v) is 1.88. The Bertz CT molecular complexity index is 599. The number of furan rings is 1. The second-order valence-corrected chi connectivity index (χ2v) is 6.15. The maximum Gasteiger partial charge on any atom is 0.167 e. The molecule has 4 heteroatoms. The molecule has 0 saturated carbocycles. The summed E-state index contributed by atoms with van der Waals surface area (Å²) in [6, 6.07) is 6.99. The van der Waals surface area contributed by atoms with Gasteiger partial charge in [-0.05, 0) is 45.4 Å². The molecule has 1 N–H and O–H groups in total. The first-order chi connectivity index (χ1) is 9.87. The molecule has 0 bridgehead atoms. The van der Waals surface area contributed by atoms with Gasteiger partial charge in [0.05, 0.1) is 12.8 Å². The van der Waals surface area contributed by atoms with Crippen LogP contribution in [0.2, 0.25) is 0 Å². The molecule has 0 amide bonds. The molecule has 0 atom stereocenters. The van der Waals surface area contributed by atoms with E-state index in [0.29, 0.717) is 12.1 Å². The van der Waals surface area contributed by atoms with Crippen molar-refractivity contribution in [1.82, 2.24) is 5.32 Å². The van der Waals surface area contributed by atoms with Crippen LogP contribution in [0.25, 0.3) is 0 Å². The first-order valence-corrected chi connectivity index (χ1v) is 7.05. The van der Waals surface area contributed by atoms with E-state index in [2.05, 4.69) is 26.1 Å². The van der Waals surface area contributed by atoms with Gasteiger partial charge < -0.3 is 14.5 Å². The van der Waals surface area contributed by atoms with Crippen LogP contribution >= 0.6 is 0 Å². The molecule has 2 rings (SSSR count). The molecular weight excluding hydrogens is 269 g/mol. The molecule has 1 aromatic carbocycles. The average Bonchev–Trinajstić information content (AvgIpc) is 2.85. The molecule has 3 nitrogen and oxygen atoms in total. The van der Waals surface area contributed by atoms with E-state index in [4.69, 9.17) is 9.15 Å². The van der Waals surface area contributed by atoms with Gasteiger partial charge in [0.25, 0.3) is 0 Å². The highest BCUT2D eigenvalue weighted by Gasteiger charge is 2.13. The van der Waals surface area contributed by atoms with Gasteiger partial charge in [-0.2, -0.15) is 0 Å². The molecule has 0 radical (unpaired) electrons. The lowest BCUT2D eigenvalue weighted by Gasteiger charge is -2.20. The molecule has 1 aromatic heterocycles. The SMILES string of the molecule is Cc1cccc(OCc2ccoc2CNC(C)(C)C)c1F. The highest BCUT2D eigenvalue weighted by molar-refractivity contribution is 5.30. The lowest BCUT2D eigenvalue weighted by atomic mass is 10.1. The summed E-state index contributed by atoms with van der Waals surface area (Å²) in [6.45, 7) is 8.90. The van der Waals surface area contributed by atoms with Crippen LogP contribution in [0, 0.1) is 12.7 Å². The highest BCUT2D eigenvalue weighted by Crippen LogP contribution is 2.22. The second-order valence-electron chi connectivity index (χ2n) is 6.15. The lowest BCUT2D eigenvalue weighted by Crippen LogP contribution is -2.35. The van der Waals surface area contributed by atoms with E-state index in [9.17, 15) is 4.39 Å². The fourth-order valence-electron chi connectivity index (χ4n) is 1.88. The standard InChI is InChI=1S/C17H22FNO2/c1-12-6-5-7-14(16(12)18)21-11-13-8-9-20-15(13)10-19-17(2,3)4/h5-9,19H,10-11H2,1-4H3. The summed E-state index contributed by atoms with van der Waals surface area (Å²) in [7, 11) is 0. The topological polar surface area (TPSA) is 34.4 Å². The van der Waals surface area contributed by atoms with Gasteiger partial charge in [-0.15, -0.1) is 0 Å². The molecule has 0 aliphatic carbocycles. The van der Waals surface area contributed by atoms with Crippen LogP contribution in [0.1, 0.15) is 37.7 Å². The molecule has 0 unspecified atom stereocenters. The third-order valence-electron chi connectivity index (χ3n) is 3.16. The quantitative estimate of drug-likeness (QED) is 0.896. The number of hydrogen-bond acceptors (Lipinski definition) is 3. The van der Waals surface area contributed by atoms with Crippen LogP contribution in [0.5, 0.6) is 5.75 Å². The summed E-state index contributed by atoms with van der Waals surface area (Å²) in [5.41, 5.74) is 1.51. The summed E-state index contributed by atoms with van der Waals surface area (Å²) >= 11 is 0. The Morgan fingerprint density at radius 2 is 2.00 bits per heavy atom. The van der Waals surface area contributed by atoms with Crippen LogP contribution in [-0.4, -0.2) is 5.54 Å². The third kappa shape index (κ3) is 4.33. The molecule has 0 saturated heterocycles. The molecular formula is C17H22FNO2. The van der Waals surface area contributed by atoms with E-state index in [0.717, 1.165) is 11.3 Å². The number of benzene rings is 1. The maximum absolute atomic E-state index is 13.9. The molecule has 21 heavy (non-hydrogen) atoms. The van der Waals surface area contributed by atoms with Crippen molar-refractivity contribution in [2.24, 2.45) is 0 Å². The monoisotopic (exact) mass is 291 g/mol. The van der Waals surface area contributed by atoms with Gasteiger partial charge in [-0.25, -0.2) is 4.39 Å². The van der Waals surface area contributed by atoms with Gasteiger partial charge in [-0.3, -0.25) is 0 Å². The molecule has 114 valence electrons. The van der Waals surface area contributed by atoms with E-state index < -0.39 is 0 Å². The van der Waals surface area contributed by atoms with Crippen molar-refractivity contribution in [3.05, 3.63) is 53.2 Å². The minimum absolute atomic E-state index is 0.00751. The number of aryl methyl sites for hydroxylation is 1. The highest BCUT2D eigenvalue weighted by atomic mass is 19.1. The van der Waals surface area contributed by atoms with Gasteiger partial charge in [0.1, 0.15) is 12.4 Å². The van der Waals surface area contributed by atoms with Gasteiger partial charge >= 0.3 is 0 Å². The van der Waals surface area contributed by atoms with Crippen molar-refractivity contribution in [3.8, 4) is 5.75 Å². The van der Waals surface area contributed by atoms with E-state index in [1.165, 1.54) is 0 Å². The van der Waals surface area contributed by atoms with Crippen molar-refractivity contribution < 1.29 is 13.5 Å². The number of ether oxygens (including phenoxy) is 1. The Morgan fingerprint density at radius 1 is 1.24 bits per heavy atom. The van der Waals surface area contributed by atoms with Gasteiger partial charge in [0.2, 0.25) is 0 Å². The van der Waals surface area contributed by atoms with Crippen molar-refractivity contribution in [2.45, 2.75) is 46.4 Å². The summed E-state index contributed by atoms with van der Waals surface area (Å²) in [4.78, 5) is 0. The zero-order valence-corrected chi connectivity index (χ0v) is 13.0. The van der Waals surface area contributed by atoms with Crippen LogP contribution in [0.4, 0.5) is 4.39 Å². The van der Waals surface area contributed by atoms with E-state index in [1.54, 1.807) is 31.4 Å². The van der Waals surface area contributed by atoms with Gasteiger partial charge in [-0.1, -0.05) is 12.1 Å². The van der Waals surface area contributed by atoms with Gasteiger partial charge in [0, 0.05) is 11.1 Å². The summed E-state index contributed by atoms with van der Waals surface area (Å²) in [5, 5.41) is 3.36. The van der Waals surface area contributed by atoms with Crippen LogP contribution in [-0.2, 0) is 13.2 Å². The number of rotatable bonds is 5. The zero-order valence-electron chi connectivity index (χ0n) is 13.0. The molecule has 0 aliphatic heterocycles. The minimum Gasteiger partial charge on any atom is -0.486 e. The largest absolute Gasteiger partial charge is 0.486 e. The average molecular weight is 291 g/mol. The first kappa shape index (κ1) is 15.6. The number of halogens is 1. The van der Waals surface area contributed by atoms with Crippen LogP contribution < -0.4 is 10.1 Å². The summed E-state index contributed by atoms with van der Waals surface area (Å²) in [6.07, 6.45) is 1.63. The number of hydrogen-bond donors (Lipinski definition) is 1. The molecule has 1 heterocycles. The smallest absolute Gasteiger partial charge is 0.167 e. The summed E-state index contributed by atoms with van der Waals surface area (Å²) < 4.78 is 24.9. The molecule has 2 aromatic rings.